The van der Waals surface area contributed by atoms with Crippen LogP contribution in [0.2, 0.25) is 5.02 Å². The van der Waals surface area contributed by atoms with Crippen LogP contribution < -0.4 is 4.90 Å². The van der Waals surface area contributed by atoms with Crippen LogP contribution in [0.15, 0.2) is 84.2 Å². The van der Waals surface area contributed by atoms with E-state index in [1.165, 1.54) is 20.3 Å². The number of esters is 2. The van der Waals surface area contributed by atoms with Crippen molar-refractivity contribution in [2.45, 2.75) is 31.3 Å². The van der Waals surface area contributed by atoms with Crippen molar-refractivity contribution in [1.82, 2.24) is 0 Å². The summed E-state index contributed by atoms with van der Waals surface area (Å²) in [5.41, 5.74) is 0.432. The third-order valence-corrected chi connectivity index (χ3v) is 6.91. The molecule has 6 nitrogen and oxygen atoms in total. The molecule has 1 saturated carbocycles. The lowest BCUT2D eigenvalue weighted by molar-refractivity contribution is -0.139. The second-order valence-electron chi connectivity index (χ2n) is 8.59. The second kappa shape index (κ2) is 10.5. The summed E-state index contributed by atoms with van der Waals surface area (Å²) in [7, 11) is 2.50. The molecule has 35 heavy (non-hydrogen) atoms. The zero-order valence-electron chi connectivity index (χ0n) is 19.7. The molecule has 1 heterocycles. The zero-order chi connectivity index (χ0) is 25.0. The molecule has 1 N–H and O–H groups in total. The van der Waals surface area contributed by atoms with Gasteiger partial charge in [-0.1, -0.05) is 60.9 Å². The van der Waals surface area contributed by atoms with Gasteiger partial charge in [0.1, 0.15) is 11.3 Å². The predicted octanol–water partition coefficient (Wildman–Crippen LogP) is 5.26. The smallest absolute Gasteiger partial charge is 0.355 e. The van der Waals surface area contributed by atoms with E-state index < -0.39 is 17.5 Å². The number of nitrogens with zero attached hydrogens (tertiary/aromatic N) is 1. The lowest BCUT2D eigenvalue weighted by Crippen LogP contribution is -2.37. The van der Waals surface area contributed by atoms with Crippen molar-refractivity contribution < 1.29 is 24.2 Å². The first-order chi connectivity index (χ1) is 16.9. The maximum absolute atomic E-state index is 13.0. The van der Waals surface area contributed by atoms with E-state index in [0.29, 0.717) is 16.3 Å². The molecule has 1 aliphatic heterocycles. The summed E-state index contributed by atoms with van der Waals surface area (Å²) in [5, 5.41) is 13.0. The van der Waals surface area contributed by atoms with E-state index in [-0.39, 0.29) is 17.2 Å². The molecule has 1 atom stereocenters. The summed E-state index contributed by atoms with van der Waals surface area (Å²) >= 11 is 6.48. The minimum absolute atomic E-state index is 0.0187. The Labute approximate surface area is 210 Å². The number of ether oxygens (including phenoxy) is 2. The molecule has 0 bridgehead atoms. The molecule has 2 aromatic carbocycles. The molecule has 1 unspecified atom stereocenters. The Morgan fingerprint density at radius 1 is 1.00 bits per heavy atom. The van der Waals surface area contributed by atoms with Gasteiger partial charge in [-0.3, -0.25) is 0 Å². The van der Waals surface area contributed by atoms with E-state index in [0.717, 1.165) is 31.2 Å². The number of benzene rings is 2. The molecule has 7 heteroatoms. The Hall–Kier alpha value is -3.35. The highest BCUT2D eigenvalue weighted by Crippen LogP contribution is 2.49. The van der Waals surface area contributed by atoms with E-state index in [1.54, 1.807) is 41.5 Å². The Bertz CT molecular complexity index is 1200. The number of carbonyl (C=O) groups is 2. The van der Waals surface area contributed by atoms with Gasteiger partial charge in [0.15, 0.2) is 0 Å². The van der Waals surface area contributed by atoms with E-state index in [9.17, 15) is 14.7 Å². The molecule has 182 valence electrons. The summed E-state index contributed by atoms with van der Waals surface area (Å²) in [6.45, 7) is 0. The zero-order valence-corrected chi connectivity index (χ0v) is 20.5. The number of methoxy groups -OCH3 is 2. The molecular formula is C28H28ClNO5. The number of aliphatic hydroxyl groups is 1. The van der Waals surface area contributed by atoms with Gasteiger partial charge in [-0.15, -0.1) is 0 Å². The van der Waals surface area contributed by atoms with Crippen LogP contribution in [0.5, 0.6) is 0 Å². The van der Waals surface area contributed by atoms with Gasteiger partial charge in [0.25, 0.3) is 0 Å². The SMILES string of the molecule is COC(=O)C1=C(C(=O)OC)N(c2ccc(Cl)cc2C(O)(c2ccccc2)C2CCCC2)C=CC=C1. The fraction of sp³-hybridized carbons (Fsp3) is 0.286. The van der Waals surface area contributed by atoms with Crippen LogP contribution in [0, 0.1) is 5.92 Å². The largest absolute Gasteiger partial charge is 0.465 e. The average molecular weight is 494 g/mol. The van der Waals surface area contributed by atoms with Gasteiger partial charge >= 0.3 is 11.9 Å². The van der Waals surface area contributed by atoms with E-state index in [4.69, 9.17) is 21.1 Å². The van der Waals surface area contributed by atoms with Crippen molar-refractivity contribution in [3.05, 3.63) is 100 Å². The quantitative estimate of drug-likeness (QED) is 0.553. The number of halogens is 1. The van der Waals surface area contributed by atoms with Crippen molar-refractivity contribution in [3.63, 3.8) is 0 Å². The Morgan fingerprint density at radius 3 is 2.34 bits per heavy atom. The first kappa shape index (κ1) is 24.8. The molecule has 0 amide bonds. The minimum Gasteiger partial charge on any atom is -0.465 e. The maximum Gasteiger partial charge on any atom is 0.355 e. The lowest BCUT2D eigenvalue weighted by atomic mass is 9.74. The highest BCUT2D eigenvalue weighted by atomic mass is 35.5. The van der Waals surface area contributed by atoms with Gasteiger partial charge in [0.2, 0.25) is 0 Å². The van der Waals surface area contributed by atoms with Gasteiger partial charge < -0.3 is 19.5 Å². The first-order valence-corrected chi connectivity index (χ1v) is 11.9. The fourth-order valence-corrected chi connectivity index (χ4v) is 5.19. The van der Waals surface area contributed by atoms with Gasteiger partial charge in [-0.05, 0) is 54.7 Å². The van der Waals surface area contributed by atoms with Crippen molar-refractivity contribution in [3.8, 4) is 0 Å². The fourth-order valence-electron chi connectivity index (χ4n) is 5.02. The Morgan fingerprint density at radius 2 is 1.69 bits per heavy atom. The summed E-state index contributed by atoms with van der Waals surface area (Å²) in [4.78, 5) is 27.2. The topological polar surface area (TPSA) is 76.1 Å². The molecule has 0 spiro atoms. The molecule has 4 rings (SSSR count). The minimum atomic E-state index is -1.38. The van der Waals surface area contributed by atoms with Crippen LogP contribution in [-0.4, -0.2) is 31.3 Å². The number of hydrogen-bond donors (Lipinski definition) is 1. The van der Waals surface area contributed by atoms with Gasteiger partial charge in [-0.25, -0.2) is 9.59 Å². The van der Waals surface area contributed by atoms with Crippen molar-refractivity contribution >= 4 is 29.2 Å². The predicted molar refractivity (Wildman–Crippen MR) is 135 cm³/mol. The standard InChI is InChI=1S/C28H28ClNO5/c1-34-26(31)22-14-8-9-17-30(25(22)27(32)35-2)24-16-15-21(29)18-23(24)28(33,20-12-6-7-13-20)19-10-4-3-5-11-19/h3-5,8-11,14-18,20,33H,6-7,12-13H2,1-2H3. The van der Waals surface area contributed by atoms with Crippen LogP contribution in [0.1, 0.15) is 36.8 Å². The highest BCUT2D eigenvalue weighted by Gasteiger charge is 2.44. The van der Waals surface area contributed by atoms with Crippen molar-refractivity contribution in [1.29, 1.82) is 0 Å². The third kappa shape index (κ3) is 4.64. The lowest BCUT2D eigenvalue weighted by Gasteiger charge is -2.38. The first-order valence-electron chi connectivity index (χ1n) is 11.5. The monoisotopic (exact) mass is 493 g/mol. The van der Waals surface area contributed by atoms with Crippen LogP contribution in [-0.2, 0) is 24.7 Å². The number of hydrogen-bond acceptors (Lipinski definition) is 6. The van der Waals surface area contributed by atoms with Gasteiger partial charge in [-0.2, -0.15) is 0 Å². The number of rotatable bonds is 6. The van der Waals surface area contributed by atoms with E-state index in [2.05, 4.69) is 0 Å². The normalized spacial score (nSPS) is 17.8. The van der Waals surface area contributed by atoms with Crippen LogP contribution in [0.4, 0.5) is 5.69 Å². The van der Waals surface area contributed by atoms with Crippen LogP contribution >= 0.6 is 11.6 Å². The molecule has 0 saturated heterocycles. The van der Waals surface area contributed by atoms with E-state index in [1.807, 2.05) is 30.3 Å². The highest BCUT2D eigenvalue weighted by molar-refractivity contribution is 6.30. The van der Waals surface area contributed by atoms with Crippen LogP contribution in [0.25, 0.3) is 0 Å². The number of anilines is 1. The molecule has 2 aliphatic rings. The summed E-state index contributed by atoms with van der Waals surface area (Å²) in [6, 6.07) is 14.7. The Kier molecular flexibility index (Phi) is 7.43. The summed E-state index contributed by atoms with van der Waals surface area (Å²) in [6.07, 6.45) is 10.2. The number of carbonyl (C=O) groups excluding carboxylic acids is 2. The molecule has 0 radical (unpaired) electrons. The van der Waals surface area contributed by atoms with Gasteiger partial charge in [0, 0.05) is 16.8 Å². The van der Waals surface area contributed by atoms with Crippen molar-refractivity contribution in [2.24, 2.45) is 5.92 Å². The molecule has 0 aromatic heterocycles. The Balaban J connectivity index is 2.00. The summed E-state index contributed by atoms with van der Waals surface area (Å²) in [5.74, 6) is -1.45. The van der Waals surface area contributed by atoms with Gasteiger partial charge in [0.05, 0.1) is 25.5 Å². The third-order valence-electron chi connectivity index (χ3n) is 6.68. The van der Waals surface area contributed by atoms with E-state index >= 15 is 0 Å². The van der Waals surface area contributed by atoms with Crippen LogP contribution in [0.3, 0.4) is 0 Å². The molecule has 1 aliphatic carbocycles. The summed E-state index contributed by atoms with van der Waals surface area (Å²) < 4.78 is 9.99. The maximum atomic E-state index is 13.0. The molecule has 2 aromatic rings. The molecule has 1 fully saturated rings. The average Bonchev–Trinajstić information content (AvgIpc) is 3.35. The van der Waals surface area contributed by atoms with Crippen molar-refractivity contribution in [2.75, 3.05) is 19.1 Å². The second-order valence-corrected chi connectivity index (χ2v) is 9.03. The molecular weight excluding hydrogens is 466 g/mol. The number of allylic oxidation sites excluding steroid dienone is 2.